The summed E-state index contributed by atoms with van der Waals surface area (Å²) in [7, 11) is -1.80. The zero-order chi connectivity index (χ0) is 17.9. The second-order valence-electron chi connectivity index (χ2n) is 7.18. The lowest BCUT2D eigenvalue weighted by atomic mass is 9.92. The van der Waals surface area contributed by atoms with Crippen LogP contribution >= 0.6 is 0 Å². The van der Waals surface area contributed by atoms with Crippen LogP contribution in [-0.2, 0) is 19.6 Å². The van der Waals surface area contributed by atoms with Gasteiger partial charge < -0.3 is 4.90 Å². The molecule has 1 saturated heterocycles. The standard InChI is InChI=1S/C16H30N2O4S/c1-11(2)10-14(15(19)12(3)4)17(5)16(20)13-8-7-9-18(13)23(6,21)22/h11-14H,7-10H2,1-6H3/t13-,14+/m0/s1. The Kier molecular flexibility index (Phi) is 6.77. The minimum atomic E-state index is -3.41. The lowest BCUT2D eigenvalue weighted by Crippen LogP contribution is -2.52. The molecule has 0 N–H and O–H groups in total. The highest BCUT2D eigenvalue weighted by atomic mass is 32.2. The molecule has 0 aromatic carbocycles. The molecule has 23 heavy (non-hydrogen) atoms. The van der Waals surface area contributed by atoms with Crippen molar-refractivity contribution in [3.63, 3.8) is 0 Å². The van der Waals surface area contributed by atoms with Crippen LogP contribution in [0.5, 0.6) is 0 Å². The van der Waals surface area contributed by atoms with Gasteiger partial charge >= 0.3 is 0 Å². The number of nitrogens with zero attached hydrogens (tertiary/aromatic N) is 2. The Hall–Kier alpha value is -0.950. The number of ketones is 1. The smallest absolute Gasteiger partial charge is 0.241 e. The SMILES string of the molecule is CC(C)C[C@H](C(=O)C(C)C)N(C)C(=O)[C@@H]1CCCN1S(C)(=O)=O. The molecule has 0 aliphatic carbocycles. The van der Waals surface area contributed by atoms with Gasteiger partial charge in [0.2, 0.25) is 15.9 Å². The van der Waals surface area contributed by atoms with Crippen LogP contribution in [-0.4, -0.2) is 61.2 Å². The lowest BCUT2D eigenvalue weighted by Gasteiger charge is -2.33. The number of carbonyl (C=O) groups is 2. The average Bonchev–Trinajstić information content (AvgIpc) is 2.91. The van der Waals surface area contributed by atoms with Gasteiger partial charge in [-0.25, -0.2) is 8.42 Å². The number of sulfonamides is 1. The third-order valence-corrected chi connectivity index (χ3v) is 5.61. The summed E-state index contributed by atoms with van der Waals surface area (Å²) in [5.74, 6) is -0.137. The van der Waals surface area contributed by atoms with Crippen molar-refractivity contribution >= 4 is 21.7 Å². The minimum Gasteiger partial charge on any atom is -0.334 e. The predicted octanol–water partition coefficient (Wildman–Crippen LogP) is 1.51. The second-order valence-corrected chi connectivity index (χ2v) is 9.12. The van der Waals surface area contributed by atoms with Gasteiger partial charge in [0.05, 0.1) is 12.3 Å². The Morgan fingerprint density at radius 3 is 2.22 bits per heavy atom. The fraction of sp³-hybridized carbons (Fsp3) is 0.875. The van der Waals surface area contributed by atoms with E-state index in [1.165, 1.54) is 9.21 Å². The molecule has 0 bridgehead atoms. The summed E-state index contributed by atoms with van der Waals surface area (Å²) in [5.41, 5.74) is 0. The summed E-state index contributed by atoms with van der Waals surface area (Å²) in [4.78, 5) is 26.8. The zero-order valence-corrected chi connectivity index (χ0v) is 15.9. The molecule has 2 atom stereocenters. The molecule has 1 fully saturated rings. The van der Waals surface area contributed by atoms with Crippen LogP contribution < -0.4 is 0 Å². The van der Waals surface area contributed by atoms with E-state index in [1.54, 1.807) is 7.05 Å². The van der Waals surface area contributed by atoms with Crippen LogP contribution in [0.25, 0.3) is 0 Å². The quantitative estimate of drug-likeness (QED) is 0.700. The van der Waals surface area contributed by atoms with Crippen LogP contribution in [0.15, 0.2) is 0 Å². The molecule has 0 unspecified atom stereocenters. The number of Topliss-reactive ketones (excluding diaryl/α,β-unsaturated/α-hetero) is 1. The summed E-state index contributed by atoms with van der Waals surface area (Å²) in [6, 6.07) is -1.17. The van der Waals surface area contributed by atoms with Gasteiger partial charge in [-0.3, -0.25) is 9.59 Å². The Bertz CT molecular complexity index is 542. The Balaban J connectivity index is 3.00. The molecule has 0 spiro atoms. The van der Waals surface area contributed by atoms with E-state index in [1.807, 2.05) is 27.7 Å². The van der Waals surface area contributed by atoms with Crippen molar-refractivity contribution in [1.29, 1.82) is 0 Å². The highest BCUT2D eigenvalue weighted by Gasteiger charge is 2.40. The highest BCUT2D eigenvalue weighted by molar-refractivity contribution is 7.88. The van der Waals surface area contributed by atoms with Gasteiger partial charge in [0.15, 0.2) is 5.78 Å². The first-order valence-electron chi connectivity index (χ1n) is 8.24. The van der Waals surface area contributed by atoms with Gasteiger partial charge in [-0.05, 0) is 25.2 Å². The maximum atomic E-state index is 12.8. The molecule has 0 radical (unpaired) electrons. The molecule has 7 heteroatoms. The number of hydrogen-bond donors (Lipinski definition) is 0. The summed E-state index contributed by atoms with van der Waals surface area (Å²) in [6.45, 7) is 8.04. The van der Waals surface area contributed by atoms with Crippen molar-refractivity contribution in [3.8, 4) is 0 Å². The normalized spacial score (nSPS) is 21.0. The molecule has 6 nitrogen and oxygen atoms in total. The van der Waals surface area contributed by atoms with E-state index in [0.29, 0.717) is 25.8 Å². The van der Waals surface area contributed by atoms with Crippen LogP contribution in [0.3, 0.4) is 0 Å². The van der Waals surface area contributed by atoms with Crippen molar-refractivity contribution < 1.29 is 18.0 Å². The van der Waals surface area contributed by atoms with E-state index in [-0.39, 0.29) is 23.5 Å². The van der Waals surface area contributed by atoms with E-state index in [9.17, 15) is 18.0 Å². The monoisotopic (exact) mass is 346 g/mol. The second kappa shape index (κ2) is 7.75. The fourth-order valence-electron chi connectivity index (χ4n) is 3.07. The molecule has 0 aromatic rings. The first kappa shape index (κ1) is 20.1. The van der Waals surface area contributed by atoms with Crippen molar-refractivity contribution in [2.75, 3.05) is 19.8 Å². The van der Waals surface area contributed by atoms with E-state index < -0.39 is 22.1 Å². The number of rotatable bonds is 7. The van der Waals surface area contributed by atoms with Gasteiger partial charge in [-0.15, -0.1) is 0 Å². The van der Waals surface area contributed by atoms with Crippen molar-refractivity contribution in [2.45, 2.75) is 59.0 Å². The number of likely N-dealkylation sites (N-methyl/N-ethyl adjacent to an activating group) is 1. The number of hydrogen-bond acceptors (Lipinski definition) is 4. The third-order valence-electron chi connectivity index (χ3n) is 4.32. The van der Waals surface area contributed by atoms with Crippen molar-refractivity contribution in [2.24, 2.45) is 11.8 Å². The van der Waals surface area contributed by atoms with E-state index >= 15 is 0 Å². The van der Waals surface area contributed by atoms with Crippen LogP contribution in [0.2, 0.25) is 0 Å². The molecule has 1 aliphatic rings. The van der Waals surface area contributed by atoms with E-state index in [4.69, 9.17) is 0 Å². The first-order chi connectivity index (χ1) is 10.5. The fourth-order valence-corrected chi connectivity index (χ4v) is 4.19. The molecular formula is C16H30N2O4S. The topological polar surface area (TPSA) is 74.8 Å². The third kappa shape index (κ3) is 5.01. The molecule has 0 aromatic heterocycles. The molecule has 1 rings (SSSR count). The van der Waals surface area contributed by atoms with Crippen LogP contribution in [0.1, 0.15) is 47.0 Å². The van der Waals surface area contributed by atoms with Gasteiger partial charge in [-0.2, -0.15) is 4.31 Å². The maximum Gasteiger partial charge on any atom is 0.241 e. The maximum absolute atomic E-state index is 12.8. The van der Waals surface area contributed by atoms with Crippen LogP contribution in [0.4, 0.5) is 0 Å². The Morgan fingerprint density at radius 2 is 1.78 bits per heavy atom. The first-order valence-corrected chi connectivity index (χ1v) is 10.1. The molecule has 1 amide bonds. The number of amides is 1. The summed E-state index contributed by atoms with van der Waals surface area (Å²) < 4.78 is 25.0. The highest BCUT2D eigenvalue weighted by Crippen LogP contribution is 2.24. The largest absolute Gasteiger partial charge is 0.334 e. The Morgan fingerprint density at radius 1 is 1.22 bits per heavy atom. The van der Waals surface area contributed by atoms with Crippen LogP contribution in [0, 0.1) is 11.8 Å². The minimum absolute atomic E-state index is 0.0263. The zero-order valence-electron chi connectivity index (χ0n) is 15.1. The molecule has 134 valence electrons. The average molecular weight is 346 g/mol. The van der Waals surface area contributed by atoms with E-state index in [2.05, 4.69) is 0 Å². The summed E-state index contributed by atoms with van der Waals surface area (Å²) >= 11 is 0. The molecular weight excluding hydrogens is 316 g/mol. The Labute approximate surface area is 140 Å². The molecule has 1 aliphatic heterocycles. The number of carbonyl (C=O) groups excluding carboxylic acids is 2. The molecule has 1 heterocycles. The van der Waals surface area contributed by atoms with Gasteiger partial charge in [-0.1, -0.05) is 27.7 Å². The summed E-state index contributed by atoms with van der Waals surface area (Å²) in [6.07, 6.45) is 2.90. The van der Waals surface area contributed by atoms with Crippen molar-refractivity contribution in [3.05, 3.63) is 0 Å². The summed E-state index contributed by atoms with van der Waals surface area (Å²) in [5, 5.41) is 0. The predicted molar refractivity (Wildman–Crippen MR) is 90.4 cm³/mol. The molecule has 0 saturated carbocycles. The lowest BCUT2D eigenvalue weighted by molar-refractivity contribution is -0.142. The van der Waals surface area contributed by atoms with Crippen molar-refractivity contribution in [1.82, 2.24) is 9.21 Å². The van der Waals surface area contributed by atoms with Gasteiger partial charge in [0, 0.05) is 19.5 Å². The van der Waals surface area contributed by atoms with Gasteiger partial charge in [0.1, 0.15) is 6.04 Å². The van der Waals surface area contributed by atoms with E-state index in [0.717, 1.165) is 6.26 Å². The van der Waals surface area contributed by atoms with Gasteiger partial charge in [0.25, 0.3) is 0 Å².